The lowest BCUT2D eigenvalue weighted by atomic mass is 10.0. The van der Waals surface area contributed by atoms with Crippen molar-refractivity contribution in [3.8, 4) is 0 Å². The van der Waals surface area contributed by atoms with Crippen LogP contribution in [0.15, 0.2) is 18.2 Å². The minimum absolute atomic E-state index is 0.138. The summed E-state index contributed by atoms with van der Waals surface area (Å²) in [7, 11) is 1.85. The zero-order valence-electron chi connectivity index (χ0n) is 12.5. The standard InChI is InChI=1S/C15H23F3N2/c1-10(2)7-11(3)20(4)9-12-5-6-13(19)8-14(12)15(16,17)18/h5-6,8,10-11H,7,9,19H2,1-4H3. The Morgan fingerprint density at radius 3 is 2.30 bits per heavy atom. The lowest BCUT2D eigenvalue weighted by molar-refractivity contribution is -0.138. The van der Waals surface area contributed by atoms with Gasteiger partial charge in [-0.25, -0.2) is 0 Å². The summed E-state index contributed by atoms with van der Waals surface area (Å²) < 4.78 is 39.0. The van der Waals surface area contributed by atoms with E-state index < -0.39 is 11.7 Å². The van der Waals surface area contributed by atoms with Gasteiger partial charge in [0.2, 0.25) is 0 Å². The molecule has 0 aliphatic rings. The third-order valence-electron chi connectivity index (χ3n) is 3.42. The number of halogens is 3. The number of nitrogens with zero attached hydrogens (tertiary/aromatic N) is 1. The molecule has 5 heteroatoms. The van der Waals surface area contributed by atoms with E-state index >= 15 is 0 Å². The van der Waals surface area contributed by atoms with Crippen LogP contribution in [0.25, 0.3) is 0 Å². The molecule has 0 saturated carbocycles. The first-order chi connectivity index (χ1) is 9.11. The van der Waals surface area contributed by atoms with Gasteiger partial charge >= 0.3 is 6.18 Å². The molecule has 0 aliphatic heterocycles. The zero-order chi connectivity index (χ0) is 15.5. The van der Waals surface area contributed by atoms with Crippen LogP contribution in [0.1, 0.15) is 38.3 Å². The van der Waals surface area contributed by atoms with Crippen molar-refractivity contribution in [2.24, 2.45) is 5.92 Å². The molecule has 0 bridgehead atoms. The molecule has 1 atom stereocenters. The van der Waals surface area contributed by atoms with Gasteiger partial charge in [-0.2, -0.15) is 13.2 Å². The van der Waals surface area contributed by atoms with E-state index in [1.54, 1.807) is 0 Å². The van der Waals surface area contributed by atoms with Crippen LogP contribution in [0.2, 0.25) is 0 Å². The minimum atomic E-state index is -4.37. The predicted octanol–water partition coefficient (Wildman–Crippen LogP) is 4.15. The van der Waals surface area contributed by atoms with Gasteiger partial charge in [0.25, 0.3) is 0 Å². The van der Waals surface area contributed by atoms with Crippen LogP contribution in [-0.2, 0) is 12.7 Å². The maximum Gasteiger partial charge on any atom is 0.416 e. The highest BCUT2D eigenvalue weighted by Gasteiger charge is 2.33. The fraction of sp³-hybridized carbons (Fsp3) is 0.600. The number of nitrogen functional groups attached to an aromatic ring is 1. The number of rotatable bonds is 5. The molecule has 0 amide bonds. The summed E-state index contributed by atoms with van der Waals surface area (Å²) in [5, 5.41) is 0. The van der Waals surface area contributed by atoms with Crippen LogP contribution in [0.4, 0.5) is 18.9 Å². The van der Waals surface area contributed by atoms with Crippen molar-refractivity contribution >= 4 is 5.69 Å². The Hall–Kier alpha value is -1.23. The van der Waals surface area contributed by atoms with E-state index in [1.807, 2.05) is 18.9 Å². The van der Waals surface area contributed by atoms with Gasteiger partial charge in [0.15, 0.2) is 0 Å². The van der Waals surface area contributed by atoms with Crippen LogP contribution in [0.3, 0.4) is 0 Å². The monoisotopic (exact) mass is 288 g/mol. The molecule has 1 unspecified atom stereocenters. The normalized spacial score (nSPS) is 14.1. The lowest BCUT2D eigenvalue weighted by Gasteiger charge is -2.27. The Kier molecular flexibility index (Phi) is 5.45. The average molecular weight is 288 g/mol. The van der Waals surface area contributed by atoms with E-state index in [0.717, 1.165) is 12.5 Å². The number of benzene rings is 1. The molecule has 114 valence electrons. The van der Waals surface area contributed by atoms with E-state index in [4.69, 9.17) is 5.73 Å². The molecular formula is C15H23F3N2. The highest BCUT2D eigenvalue weighted by Crippen LogP contribution is 2.34. The molecule has 1 aromatic rings. The maximum atomic E-state index is 13.0. The molecule has 0 aromatic heterocycles. The number of hydrogen-bond acceptors (Lipinski definition) is 2. The minimum Gasteiger partial charge on any atom is -0.399 e. The van der Waals surface area contributed by atoms with E-state index in [-0.39, 0.29) is 23.8 Å². The van der Waals surface area contributed by atoms with E-state index in [2.05, 4.69) is 13.8 Å². The van der Waals surface area contributed by atoms with Crippen LogP contribution < -0.4 is 5.73 Å². The van der Waals surface area contributed by atoms with E-state index in [1.165, 1.54) is 12.1 Å². The van der Waals surface area contributed by atoms with Crippen LogP contribution >= 0.6 is 0 Å². The van der Waals surface area contributed by atoms with Crippen molar-refractivity contribution < 1.29 is 13.2 Å². The second kappa shape index (κ2) is 6.48. The first-order valence-corrected chi connectivity index (χ1v) is 6.77. The van der Waals surface area contributed by atoms with Gasteiger partial charge in [-0.05, 0) is 44.0 Å². The smallest absolute Gasteiger partial charge is 0.399 e. The topological polar surface area (TPSA) is 29.3 Å². The third-order valence-corrected chi connectivity index (χ3v) is 3.42. The number of anilines is 1. The maximum absolute atomic E-state index is 13.0. The average Bonchev–Trinajstić information content (AvgIpc) is 2.29. The van der Waals surface area contributed by atoms with Crippen LogP contribution in [0.5, 0.6) is 0 Å². The first kappa shape index (κ1) is 16.8. The van der Waals surface area contributed by atoms with Crippen LogP contribution in [0, 0.1) is 5.92 Å². The molecule has 0 fully saturated rings. The molecule has 0 spiro atoms. The first-order valence-electron chi connectivity index (χ1n) is 6.77. The number of hydrogen-bond donors (Lipinski definition) is 1. The lowest BCUT2D eigenvalue weighted by Crippen LogP contribution is -2.30. The summed E-state index contributed by atoms with van der Waals surface area (Å²) in [6, 6.07) is 4.23. The summed E-state index contributed by atoms with van der Waals surface area (Å²) in [6.45, 7) is 6.51. The number of alkyl halides is 3. The molecule has 0 saturated heterocycles. The quantitative estimate of drug-likeness (QED) is 0.825. The largest absolute Gasteiger partial charge is 0.416 e. The van der Waals surface area contributed by atoms with Crippen molar-refractivity contribution in [1.82, 2.24) is 4.90 Å². The Balaban J connectivity index is 2.92. The van der Waals surface area contributed by atoms with Crippen LogP contribution in [-0.4, -0.2) is 18.0 Å². The fourth-order valence-corrected chi connectivity index (χ4v) is 2.28. The Labute approximate surface area is 118 Å². The Morgan fingerprint density at radius 1 is 1.20 bits per heavy atom. The van der Waals surface area contributed by atoms with Gasteiger partial charge in [-0.1, -0.05) is 19.9 Å². The highest BCUT2D eigenvalue weighted by molar-refractivity contribution is 5.46. The second-order valence-corrected chi connectivity index (χ2v) is 5.81. The molecule has 2 nitrogen and oxygen atoms in total. The zero-order valence-corrected chi connectivity index (χ0v) is 12.5. The van der Waals surface area contributed by atoms with Crippen molar-refractivity contribution in [2.45, 2.75) is 46.0 Å². The van der Waals surface area contributed by atoms with Crippen molar-refractivity contribution in [3.05, 3.63) is 29.3 Å². The molecule has 1 rings (SSSR count). The molecule has 0 aliphatic carbocycles. The second-order valence-electron chi connectivity index (χ2n) is 5.81. The summed E-state index contributed by atoms with van der Waals surface area (Å²) in [5.41, 5.74) is 5.24. The molecule has 1 aromatic carbocycles. The SMILES string of the molecule is CC(C)CC(C)N(C)Cc1ccc(N)cc1C(F)(F)F. The Morgan fingerprint density at radius 2 is 1.80 bits per heavy atom. The highest BCUT2D eigenvalue weighted by atomic mass is 19.4. The molecule has 20 heavy (non-hydrogen) atoms. The van der Waals surface area contributed by atoms with Gasteiger partial charge in [0, 0.05) is 18.3 Å². The van der Waals surface area contributed by atoms with Gasteiger partial charge < -0.3 is 5.73 Å². The van der Waals surface area contributed by atoms with Crippen molar-refractivity contribution in [1.29, 1.82) is 0 Å². The van der Waals surface area contributed by atoms with Gasteiger partial charge in [0.05, 0.1) is 5.56 Å². The number of nitrogens with two attached hydrogens (primary N) is 1. The van der Waals surface area contributed by atoms with Gasteiger partial charge in [-0.15, -0.1) is 0 Å². The fourth-order valence-electron chi connectivity index (χ4n) is 2.28. The Bertz CT molecular complexity index is 441. The summed E-state index contributed by atoms with van der Waals surface area (Å²) in [4.78, 5) is 1.95. The van der Waals surface area contributed by atoms with Gasteiger partial charge in [0.1, 0.15) is 0 Å². The summed E-state index contributed by atoms with van der Waals surface area (Å²) in [6.07, 6.45) is -3.42. The van der Waals surface area contributed by atoms with Crippen molar-refractivity contribution in [3.63, 3.8) is 0 Å². The van der Waals surface area contributed by atoms with Crippen molar-refractivity contribution in [2.75, 3.05) is 12.8 Å². The summed E-state index contributed by atoms with van der Waals surface area (Å²) >= 11 is 0. The third kappa shape index (κ3) is 4.71. The summed E-state index contributed by atoms with van der Waals surface area (Å²) in [5.74, 6) is 0.515. The predicted molar refractivity (Wildman–Crippen MR) is 76.2 cm³/mol. The molecule has 0 radical (unpaired) electrons. The van der Waals surface area contributed by atoms with E-state index in [0.29, 0.717) is 5.92 Å². The molecular weight excluding hydrogens is 265 g/mol. The van der Waals surface area contributed by atoms with Gasteiger partial charge in [-0.3, -0.25) is 4.90 Å². The van der Waals surface area contributed by atoms with E-state index in [9.17, 15) is 13.2 Å². The molecule has 0 heterocycles. The molecule has 2 N–H and O–H groups in total.